The van der Waals surface area contributed by atoms with Crippen LogP contribution < -0.4 is 11.1 Å². The molecule has 0 spiro atoms. The van der Waals surface area contributed by atoms with Crippen LogP contribution in [0.15, 0.2) is 55.0 Å². The Labute approximate surface area is 201 Å². The number of carbonyl (C=O) groups is 1. The van der Waals surface area contributed by atoms with E-state index < -0.39 is 35.1 Å². The highest BCUT2D eigenvalue weighted by atomic mass is 127. The Kier molecular flexibility index (Phi) is 6.20. The molecule has 2 aromatic carbocycles. The Hall–Kier alpha value is -3.62. The molecule has 2 aromatic heterocycles. The summed E-state index contributed by atoms with van der Waals surface area (Å²) in [6.45, 7) is 0. The minimum absolute atomic E-state index is 0.00409. The van der Waals surface area contributed by atoms with E-state index in [0.29, 0.717) is 10.9 Å². The van der Waals surface area contributed by atoms with Crippen molar-refractivity contribution in [3.8, 4) is 16.9 Å². The first-order valence-electron chi connectivity index (χ1n) is 9.34. The molecule has 0 atom stereocenters. The number of anilines is 2. The number of pyridine rings is 1. The number of nitrogens with two attached hydrogens (primary N) is 1. The number of rotatable bonds is 4. The van der Waals surface area contributed by atoms with E-state index in [4.69, 9.17) is 5.73 Å². The van der Waals surface area contributed by atoms with Crippen molar-refractivity contribution in [2.45, 2.75) is 6.18 Å². The second-order valence-electron chi connectivity index (χ2n) is 6.91. The first-order valence-corrected chi connectivity index (χ1v) is 10.4. The van der Waals surface area contributed by atoms with Gasteiger partial charge in [-0.15, -0.1) is 4.80 Å². The van der Waals surface area contributed by atoms with Gasteiger partial charge in [-0.25, -0.2) is 13.8 Å². The van der Waals surface area contributed by atoms with Gasteiger partial charge in [-0.05, 0) is 59.0 Å². The van der Waals surface area contributed by atoms with Crippen LogP contribution in [-0.4, -0.2) is 25.9 Å². The molecule has 0 aliphatic rings. The highest BCUT2D eigenvalue weighted by Gasteiger charge is 2.36. The van der Waals surface area contributed by atoms with Crippen LogP contribution in [0.5, 0.6) is 0 Å². The van der Waals surface area contributed by atoms with E-state index in [-0.39, 0.29) is 31.6 Å². The second kappa shape index (κ2) is 8.96. The van der Waals surface area contributed by atoms with Crippen molar-refractivity contribution in [3.63, 3.8) is 0 Å². The van der Waals surface area contributed by atoms with Crippen LogP contribution in [0.25, 0.3) is 16.9 Å². The van der Waals surface area contributed by atoms with Crippen molar-refractivity contribution in [3.05, 3.63) is 81.3 Å². The number of nitrogens with zero attached hydrogens (tertiary/aromatic N) is 4. The molecule has 174 valence electrons. The lowest BCUT2D eigenvalue weighted by atomic mass is 10.0. The molecule has 4 rings (SSSR count). The second-order valence-corrected chi connectivity index (χ2v) is 8.07. The molecule has 7 nitrogen and oxygen atoms in total. The van der Waals surface area contributed by atoms with Gasteiger partial charge in [0.2, 0.25) is 0 Å². The Morgan fingerprint density at radius 3 is 2.38 bits per heavy atom. The van der Waals surface area contributed by atoms with Gasteiger partial charge in [0.25, 0.3) is 5.91 Å². The molecule has 0 unspecified atom stereocenters. The van der Waals surface area contributed by atoms with Gasteiger partial charge in [-0.2, -0.15) is 23.4 Å². The van der Waals surface area contributed by atoms with Gasteiger partial charge < -0.3 is 11.1 Å². The molecule has 0 saturated carbocycles. The molecule has 0 radical (unpaired) electrons. The quantitative estimate of drug-likeness (QED) is 0.198. The predicted octanol–water partition coefficient (Wildman–Crippen LogP) is 5.07. The fraction of sp³-hybridized carbons (Fsp3) is 0.0476. The van der Waals surface area contributed by atoms with Crippen molar-refractivity contribution >= 4 is 39.9 Å². The zero-order valence-electron chi connectivity index (χ0n) is 16.7. The van der Waals surface area contributed by atoms with Crippen molar-refractivity contribution in [2.24, 2.45) is 0 Å². The number of hydrogen-bond acceptors (Lipinski definition) is 5. The first-order chi connectivity index (χ1) is 16.0. The van der Waals surface area contributed by atoms with Crippen molar-refractivity contribution < 1.29 is 26.7 Å². The Morgan fingerprint density at radius 2 is 1.74 bits per heavy atom. The molecule has 0 fully saturated rings. The molecule has 0 aliphatic carbocycles. The minimum Gasteiger partial charge on any atom is -0.398 e. The number of aromatic nitrogens is 4. The number of halogens is 6. The summed E-state index contributed by atoms with van der Waals surface area (Å²) in [5.74, 6) is -2.84. The summed E-state index contributed by atoms with van der Waals surface area (Å²) in [4.78, 5) is 17.2. The van der Waals surface area contributed by atoms with Crippen LogP contribution >= 0.6 is 22.6 Å². The fourth-order valence-electron chi connectivity index (χ4n) is 3.12. The van der Waals surface area contributed by atoms with E-state index in [2.05, 4.69) is 20.5 Å². The van der Waals surface area contributed by atoms with E-state index in [1.165, 1.54) is 24.5 Å². The summed E-state index contributed by atoms with van der Waals surface area (Å²) < 4.78 is 69.1. The maximum Gasteiger partial charge on any atom is 0.420 e. The van der Waals surface area contributed by atoms with Gasteiger partial charge in [-0.1, -0.05) is 0 Å². The van der Waals surface area contributed by atoms with Gasteiger partial charge in [0.1, 0.15) is 17.2 Å². The van der Waals surface area contributed by atoms with Gasteiger partial charge in [0.05, 0.1) is 29.8 Å². The average molecular weight is 586 g/mol. The van der Waals surface area contributed by atoms with Gasteiger partial charge in [0, 0.05) is 20.4 Å². The van der Waals surface area contributed by atoms with Crippen molar-refractivity contribution in [2.75, 3.05) is 11.1 Å². The maximum atomic E-state index is 14.8. The van der Waals surface area contributed by atoms with Crippen LogP contribution in [0.2, 0.25) is 0 Å². The first kappa shape index (κ1) is 23.5. The van der Waals surface area contributed by atoms with E-state index in [1.54, 1.807) is 22.6 Å². The molecule has 2 heterocycles. The predicted molar refractivity (Wildman–Crippen MR) is 121 cm³/mol. The average Bonchev–Trinajstić information content (AvgIpc) is 3.29. The molecule has 1 amide bonds. The molecule has 4 aromatic rings. The number of benzene rings is 2. The van der Waals surface area contributed by atoms with Gasteiger partial charge >= 0.3 is 6.18 Å². The van der Waals surface area contributed by atoms with Crippen molar-refractivity contribution in [1.29, 1.82) is 0 Å². The molecule has 0 saturated heterocycles. The molecule has 0 aliphatic heterocycles. The number of carbonyl (C=O) groups excluding carboxylic acids is 1. The van der Waals surface area contributed by atoms with Crippen LogP contribution in [0.4, 0.5) is 33.3 Å². The SMILES string of the molecule is Nc1cc(F)ccc1-c1cc(I)c(C(=O)Nc2cnc(-n3nccn3)c(C(F)(F)F)c2)cc1F. The summed E-state index contributed by atoms with van der Waals surface area (Å²) in [5.41, 5.74) is 4.47. The number of alkyl halides is 3. The maximum absolute atomic E-state index is 14.8. The monoisotopic (exact) mass is 586 g/mol. The lowest BCUT2D eigenvalue weighted by Gasteiger charge is -2.14. The molecular weight excluding hydrogens is 574 g/mol. The van der Waals surface area contributed by atoms with Crippen molar-refractivity contribution in [1.82, 2.24) is 20.0 Å². The van der Waals surface area contributed by atoms with Crippen LogP contribution in [0, 0.1) is 15.2 Å². The molecule has 13 heteroatoms. The number of amides is 1. The third-order valence-corrected chi connectivity index (χ3v) is 5.54. The van der Waals surface area contributed by atoms with Crippen LogP contribution in [0.3, 0.4) is 0 Å². The van der Waals surface area contributed by atoms with Gasteiger partial charge in [-0.3, -0.25) is 4.79 Å². The lowest BCUT2D eigenvalue weighted by molar-refractivity contribution is -0.137. The number of nitrogens with one attached hydrogen (secondary N) is 1. The zero-order valence-corrected chi connectivity index (χ0v) is 18.9. The van der Waals surface area contributed by atoms with E-state index >= 15 is 0 Å². The zero-order chi connectivity index (χ0) is 24.6. The summed E-state index contributed by atoms with van der Waals surface area (Å²) in [6, 6.07) is 6.40. The third kappa shape index (κ3) is 4.69. The molecule has 3 N–H and O–H groups in total. The topological polar surface area (TPSA) is 98.7 Å². The number of nitrogen functional groups attached to an aromatic ring is 1. The van der Waals surface area contributed by atoms with Gasteiger partial charge in [0.15, 0.2) is 5.82 Å². The van der Waals surface area contributed by atoms with E-state index in [1.807, 2.05) is 0 Å². The molecule has 34 heavy (non-hydrogen) atoms. The summed E-state index contributed by atoms with van der Waals surface area (Å²) in [6.07, 6.45) is -1.43. The third-order valence-electron chi connectivity index (χ3n) is 4.64. The normalized spacial score (nSPS) is 11.5. The molecular formula is C21H12F5IN6O. The highest BCUT2D eigenvalue weighted by molar-refractivity contribution is 14.1. The van der Waals surface area contributed by atoms with Crippen LogP contribution in [0.1, 0.15) is 15.9 Å². The Bertz CT molecular complexity index is 1390. The summed E-state index contributed by atoms with van der Waals surface area (Å²) in [7, 11) is 0. The molecule has 0 bridgehead atoms. The standard InChI is InChI=1S/C21H12F5IN6O/c22-10-1-2-12(18(28)5-10)13-8-17(27)14(7-16(13)23)20(34)32-11-6-15(21(24,25)26)19(29-9-11)33-30-3-4-31-33/h1-9H,28H2,(H,32,34). The lowest BCUT2D eigenvalue weighted by Crippen LogP contribution is -2.18. The minimum atomic E-state index is -4.81. The number of hydrogen-bond donors (Lipinski definition) is 2. The van der Waals surface area contributed by atoms with E-state index in [9.17, 15) is 26.7 Å². The highest BCUT2D eigenvalue weighted by Crippen LogP contribution is 2.35. The Balaban J connectivity index is 1.66. The summed E-state index contributed by atoms with van der Waals surface area (Å²) in [5, 5.41) is 9.59. The van der Waals surface area contributed by atoms with Crippen LogP contribution in [-0.2, 0) is 6.18 Å². The Morgan fingerprint density at radius 1 is 1.03 bits per heavy atom. The summed E-state index contributed by atoms with van der Waals surface area (Å²) >= 11 is 1.78. The fourth-order valence-corrected chi connectivity index (χ4v) is 3.84. The smallest absolute Gasteiger partial charge is 0.398 e. The van der Waals surface area contributed by atoms with E-state index in [0.717, 1.165) is 24.4 Å². The largest absolute Gasteiger partial charge is 0.420 e.